The van der Waals surface area contributed by atoms with Gasteiger partial charge in [-0.05, 0) is 55.1 Å². The molecule has 1 aromatic rings. The van der Waals surface area contributed by atoms with Gasteiger partial charge >= 0.3 is 0 Å². The Labute approximate surface area is 163 Å². The molecule has 1 aromatic carbocycles. The normalized spacial score (nSPS) is 23.8. The second-order valence-corrected chi connectivity index (χ2v) is 6.80. The van der Waals surface area contributed by atoms with Crippen molar-refractivity contribution in [3.8, 4) is 0 Å². The molecule has 0 amide bonds. The molecule has 2 aliphatic rings. The molecule has 1 saturated carbocycles. The number of fused-ring (bicyclic) bond motifs is 3. The van der Waals surface area contributed by atoms with E-state index in [0.717, 1.165) is 56.2 Å². The van der Waals surface area contributed by atoms with Crippen LogP contribution in [0.25, 0.3) is 0 Å². The minimum absolute atomic E-state index is 0. The van der Waals surface area contributed by atoms with E-state index in [1.807, 2.05) is 6.08 Å². The van der Waals surface area contributed by atoms with Crippen LogP contribution in [-0.2, 0) is 6.42 Å². The number of aliphatic imine (C=N–C) groups is 1. The van der Waals surface area contributed by atoms with E-state index in [2.05, 4.69) is 55.0 Å². The van der Waals surface area contributed by atoms with Gasteiger partial charge < -0.3 is 10.2 Å². The predicted molar refractivity (Wildman–Crippen MR) is 113 cm³/mol. The van der Waals surface area contributed by atoms with Crippen LogP contribution in [0, 0.1) is 11.8 Å². The van der Waals surface area contributed by atoms with Gasteiger partial charge in [0.25, 0.3) is 0 Å². The number of hydrogen-bond donors (Lipinski definition) is 1. The van der Waals surface area contributed by atoms with Gasteiger partial charge in [0.15, 0.2) is 5.96 Å². The summed E-state index contributed by atoms with van der Waals surface area (Å²) in [7, 11) is 2.13. The highest BCUT2D eigenvalue weighted by Gasteiger charge is 2.54. The van der Waals surface area contributed by atoms with Crippen LogP contribution < -0.4 is 5.32 Å². The molecule has 3 unspecified atom stereocenters. The fourth-order valence-corrected chi connectivity index (χ4v) is 3.97. The van der Waals surface area contributed by atoms with E-state index in [9.17, 15) is 0 Å². The highest BCUT2D eigenvalue weighted by Crippen LogP contribution is 2.61. The lowest BCUT2D eigenvalue weighted by Gasteiger charge is -2.22. The van der Waals surface area contributed by atoms with Crippen molar-refractivity contribution in [1.82, 2.24) is 10.2 Å². The first kappa shape index (κ1) is 19.3. The van der Waals surface area contributed by atoms with Crippen molar-refractivity contribution in [3.63, 3.8) is 0 Å². The maximum Gasteiger partial charge on any atom is 0.193 e. The second-order valence-electron chi connectivity index (χ2n) is 6.80. The van der Waals surface area contributed by atoms with Gasteiger partial charge in [0.05, 0.1) is 0 Å². The molecule has 3 atom stereocenters. The van der Waals surface area contributed by atoms with Crippen molar-refractivity contribution in [1.29, 1.82) is 0 Å². The first-order valence-electron chi connectivity index (χ1n) is 8.94. The number of unbranched alkanes of at least 4 members (excludes halogenated alkanes) is 1. The van der Waals surface area contributed by atoms with Gasteiger partial charge in [-0.2, -0.15) is 0 Å². The zero-order valence-corrected chi connectivity index (χ0v) is 17.2. The maximum atomic E-state index is 4.92. The quantitative estimate of drug-likeness (QED) is 0.228. The van der Waals surface area contributed by atoms with Gasteiger partial charge in [-0.25, -0.2) is 0 Å². The van der Waals surface area contributed by atoms with Gasteiger partial charge in [0.1, 0.15) is 0 Å². The average molecular weight is 439 g/mol. The fraction of sp³-hybridized carbons (Fsp3) is 0.550. The summed E-state index contributed by atoms with van der Waals surface area (Å²) in [5.74, 6) is 3.41. The summed E-state index contributed by atoms with van der Waals surface area (Å²) in [6, 6.07) is 8.95. The third-order valence-corrected chi connectivity index (χ3v) is 5.25. The standard InChI is InChI=1S/C20H29N3.HI/c1-4-6-9-12-23(3)20(21-5-2)22-14-18-17-13-15-10-7-8-11-16(15)19(17)18;/h4,7-8,10-11,17-19H,1,5-6,9,12-14H2,2-3H3,(H,21,22);1H. The molecule has 24 heavy (non-hydrogen) atoms. The highest BCUT2D eigenvalue weighted by atomic mass is 127. The van der Waals surface area contributed by atoms with Crippen molar-refractivity contribution in [3.05, 3.63) is 48.0 Å². The zero-order chi connectivity index (χ0) is 16.2. The van der Waals surface area contributed by atoms with Crippen molar-refractivity contribution >= 4 is 29.9 Å². The number of allylic oxidation sites excluding steroid dienone is 1. The van der Waals surface area contributed by atoms with Crippen molar-refractivity contribution in [2.45, 2.75) is 32.1 Å². The molecule has 0 saturated heterocycles. The minimum Gasteiger partial charge on any atom is -0.357 e. The molecule has 132 valence electrons. The number of halogens is 1. The Morgan fingerprint density at radius 1 is 1.42 bits per heavy atom. The molecule has 0 aliphatic heterocycles. The molecule has 0 spiro atoms. The third-order valence-electron chi connectivity index (χ3n) is 5.25. The van der Waals surface area contributed by atoms with E-state index >= 15 is 0 Å². The van der Waals surface area contributed by atoms with Crippen LogP contribution in [0.3, 0.4) is 0 Å². The summed E-state index contributed by atoms with van der Waals surface area (Å²) in [5, 5.41) is 3.43. The van der Waals surface area contributed by atoms with E-state index < -0.39 is 0 Å². The lowest BCUT2D eigenvalue weighted by molar-refractivity contribution is 0.468. The van der Waals surface area contributed by atoms with Crippen molar-refractivity contribution < 1.29 is 0 Å². The van der Waals surface area contributed by atoms with Crippen molar-refractivity contribution in [2.75, 3.05) is 26.7 Å². The number of nitrogens with one attached hydrogen (secondary N) is 1. The van der Waals surface area contributed by atoms with E-state index in [4.69, 9.17) is 4.99 Å². The van der Waals surface area contributed by atoms with Crippen LogP contribution in [0.2, 0.25) is 0 Å². The predicted octanol–water partition coefficient (Wildman–Crippen LogP) is 4.05. The number of benzene rings is 1. The molecule has 3 nitrogen and oxygen atoms in total. The van der Waals surface area contributed by atoms with Gasteiger partial charge in [-0.3, -0.25) is 4.99 Å². The number of nitrogens with zero attached hydrogens (tertiary/aromatic N) is 2. The molecule has 1 fully saturated rings. The monoisotopic (exact) mass is 439 g/mol. The second kappa shape index (κ2) is 8.88. The molecule has 0 bridgehead atoms. The molecule has 2 aliphatic carbocycles. The highest BCUT2D eigenvalue weighted by molar-refractivity contribution is 14.0. The lowest BCUT2D eigenvalue weighted by atomic mass is 10.0. The fourth-order valence-electron chi connectivity index (χ4n) is 3.97. The third kappa shape index (κ3) is 4.13. The Bertz CT molecular complexity index is 584. The Morgan fingerprint density at radius 2 is 2.21 bits per heavy atom. The molecular formula is C20H30IN3. The van der Waals surface area contributed by atoms with Crippen molar-refractivity contribution in [2.24, 2.45) is 16.8 Å². The van der Waals surface area contributed by atoms with Crippen LogP contribution in [0.1, 0.15) is 36.8 Å². The van der Waals surface area contributed by atoms with E-state index in [1.165, 1.54) is 6.42 Å². The smallest absolute Gasteiger partial charge is 0.193 e. The molecule has 0 aromatic heterocycles. The molecule has 0 radical (unpaired) electrons. The molecular weight excluding hydrogens is 409 g/mol. The van der Waals surface area contributed by atoms with Crippen LogP contribution in [0.15, 0.2) is 41.9 Å². The minimum atomic E-state index is 0. The molecule has 0 heterocycles. The van der Waals surface area contributed by atoms with Crippen LogP contribution in [-0.4, -0.2) is 37.5 Å². The zero-order valence-electron chi connectivity index (χ0n) is 14.9. The average Bonchev–Trinajstić information content (AvgIpc) is 3.09. The van der Waals surface area contributed by atoms with Crippen LogP contribution >= 0.6 is 24.0 Å². The van der Waals surface area contributed by atoms with E-state index in [1.54, 1.807) is 11.1 Å². The van der Waals surface area contributed by atoms with Gasteiger partial charge in [-0.1, -0.05) is 30.3 Å². The largest absolute Gasteiger partial charge is 0.357 e. The molecule has 1 N–H and O–H groups in total. The number of guanidine groups is 1. The number of hydrogen-bond acceptors (Lipinski definition) is 1. The summed E-state index contributed by atoms with van der Waals surface area (Å²) in [5.41, 5.74) is 3.15. The lowest BCUT2D eigenvalue weighted by Crippen LogP contribution is -2.39. The van der Waals surface area contributed by atoms with Crippen LogP contribution in [0.4, 0.5) is 0 Å². The Kier molecular flexibility index (Phi) is 7.14. The summed E-state index contributed by atoms with van der Waals surface area (Å²) in [6.07, 6.45) is 5.44. The van der Waals surface area contributed by atoms with Gasteiger partial charge in [0.2, 0.25) is 0 Å². The topological polar surface area (TPSA) is 27.6 Å². The molecule has 4 heteroatoms. The van der Waals surface area contributed by atoms with E-state index in [0.29, 0.717) is 0 Å². The first-order valence-corrected chi connectivity index (χ1v) is 8.94. The Morgan fingerprint density at radius 3 is 2.96 bits per heavy atom. The summed E-state index contributed by atoms with van der Waals surface area (Å²) in [6.45, 7) is 8.83. The SMILES string of the molecule is C=CCCCN(C)C(=NCC1C2Cc3ccccc3C12)NCC.I. The Balaban J connectivity index is 0.00000208. The van der Waals surface area contributed by atoms with Gasteiger partial charge in [-0.15, -0.1) is 30.6 Å². The van der Waals surface area contributed by atoms with Crippen LogP contribution in [0.5, 0.6) is 0 Å². The maximum absolute atomic E-state index is 4.92. The van der Waals surface area contributed by atoms with Gasteiger partial charge in [0, 0.05) is 26.7 Å². The first-order chi connectivity index (χ1) is 11.3. The number of rotatable bonds is 7. The summed E-state index contributed by atoms with van der Waals surface area (Å²) >= 11 is 0. The molecule has 3 rings (SSSR count). The van der Waals surface area contributed by atoms with E-state index in [-0.39, 0.29) is 24.0 Å². The summed E-state index contributed by atoms with van der Waals surface area (Å²) < 4.78 is 0. The Hall–Kier alpha value is -1.04. The summed E-state index contributed by atoms with van der Waals surface area (Å²) in [4.78, 5) is 7.16.